The second-order valence-electron chi connectivity index (χ2n) is 8.19. The molecule has 0 saturated carbocycles. The first-order valence-corrected chi connectivity index (χ1v) is 12.0. The summed E-state index contributed by atoms with van der Waals surface area (Å²) in [5.41, 5.74) is 3.52. The Balaban J connectivity index is 1.37. The number of anilines is 1. The van der Waals surface area contributed by atoms with Crippen LogP contribution in [0.5, 0.6) is 0 Å². The molecule has 4 heterocycles. The van der Waals surface area contributed by atoms with Gasteiger partial charge >= 0.3 is 0 Å². The number of halogens is 1. The van der Waals surface area contributed by atoms with Crippen LogP contribution in [-0.2, 0) is 0 Å². The second-order valence-corrected chi connectivity index (χ2v) is 9.54. The van der Waals surface area contributed by atoms with Crippen LogP contribution in [0.2, 0.25) is 5.02 Å². The van der Waals surface area contributed by atoms with Crippen LogP contribution in [0.4, 0.5) is 5.82 Å². The first-order chi connectivity index (χ1) is 15.6. The number of thiophene rings is 1. The van der Waals surface area contributed by atoms with Crippen molar-refractivity contribution in [1.82, 2.24) is 19.5 Å². The van der Waals surface area contributed by atoms with Crippen molar-refractivity contribution in [1.29, 1.82) is 0 Å². The molecule has 0 bridgehead atoms. The van der Waals surface area contributed by atoms with E-state index in [1.54, 1.807) is 0 Å². The molecular weight excluding hydrogens is 441 g/mol. The number of amides is 1. The lowest BCUT2D eigenvalue weighted by Crippen LogP contribution is -2.41. The van der Waals surface area contributed by atoms with Gasteiger partial charge in [-0.15, -0.1) is 11.3 Å². The largest absolute Gasteiger partial charge is 0.370 e. The van der Waals surface area contributed by atoms with Crippen LogP contribution in [-0.4, -0.2) is 52.9 Å². The van der Waals surface area contributed by atoms with Gasteiger partial charge in [-0.25, -0.2) is 4.98 Å². The van der Waals surface area contributed by atoms with Crippen molar-refractivity contribution in [3.63, 3.8) is 0 Å². The van der Waals surface area contributed by atoms with Gasteiger partial charge in [0.15, 0.2) is 5.65 Å². The number of piperidine rings is 1. The third-order valence-electron chi connectivity index (χ3n) is 5.91. The number of fused-ring (bicyclic) bond motifs is 1. The molecule has 162 valence electrons. The molecule has 1 aliphatic heterocycles. The normalized spacial score (nSPS) is 16.4. The van der Waals surface area contributed by atoms with Gasteiger partial charge in [0, 0.05) is 42.5 Å². The summed E-state index contributed by atoms with van der Waals surface area (Å²) in [5, 5.41) is 10.7. The number of likely N-dealkylation sites (tertiary alicyclic amines) is 1. The van der Waals surface area contributed by atoms with Crippen LogP contribution in [0, 0.1) is 5.92 Å². The average molecular weight is 464 g/mol. The molecule has 32 heavy (non-hydrogen) atoms. The summed E-state index contributed by atoms with van der Waals surface area (Å²) < 4.78 is 1.84. The Morgan fingerprint density at radius 3 is 2.97 bits per heavy atom. The molecule has 6 nitrogen and oxygen atoms in total. The van der Waals surface area contributed by atoms with Crippen LogP contribution in [0.15, 0.2) is 54.0 Å². The van der Waals surface area contributed by atoms with Crippen LogP contribution >= 0.6 is 22.9 Å². The smallest absolute Gasteiger partial charge is 0.263 e. The van der Waals surface area contributed by atoms with E-state index in [1.807, 2.05) is 71.3 Å². The Bertz CT molecular complexity index is 1260. The minimum Gasteiger partial charge on any atom is -0.370 e. The molecule has 1 saturated heterocycles. The maximum absolute atomic E-state index is 12.8. The number of benzene rings is 1. The Morgan fingerprint density at radius 2 is 2.16 bits per heavy atom. The fourth-order valence-electron chi connectivity index (χ4n) is 4.23. The SMILES string of the molecule is Bc1cnn2c(NCC3CCCN(C(=O)c4cccs4)C3)cc(-c3ccccc3Cl)nc12. The van der Waals surface area contributed by atoms with Gasteiger partial charge in [0.2, 0.25) is 0 Å². The molecular formula is C23H23BClN5OS. The molecule has 1 fully saturated rings. The maximum atomic E-state index is 12.8. The topological polar surface area (TPSA) is 62.5 Å². The number of carbonyl (C=O) groups excluding carboxylic acids is 1. The summed E-state index contributed by atoms with van der Waals surface area (Å²) in [4.78, 5) is 20.4. The highest BCUT2D eigenvalue weighted by molar-refractivity contribution is 7.12. The van der Waals surface area contributed by atoms with E-state index < -0.39 is 0 Å². The molecule has 1 aromatic carbocycles. The third kappa shape index (κ3) is 4.12. The lowest BCUT2D eigenvalue weighted by molar-refractivity contribution is 0.0685. The average Bonchev–Trinajstić information content (AvgIpc) is 3.48. The lowest BCUT2D eigenvalue weighted by atomic mass is 9.97. The van der Waals surface area contributed by atoms with Gasteiger partial charge in [-0.3, -0.25) is 4.79 Å². The van der Waals surface area contributed by atoms with Gasteiger partial charge in [0.25, 0.3) is 5.91 Å². The maximum Gasteiger partial charge on any atom is 0.263 e. The minimum atomic E-state index is 0.139. The molecule has 9 heteroatoms. The number of hydrogen-bond donors (Lipinski definition) is 1. The predicted octanol–water partition coefficient (Wildman–Crippen LogP) is 3.33. The van der Waals surface area contributed by atoms with E-state index in [9.17, 15) is 4.79 Å². The van der Waals surface area contributed by atoms with Crippen LogP contribution in [0.3, 0.4) is 0 Å². The van der Waals surface area contributed by atoms with E-state index in [0.29, 0.717) is 10.9 Å². The van der Waals surface area contributed by atoms with Crippen molar-refractivity contribution in [2.45, 2.75) is 12.8 Å². The Hall–Kier alpha value is -2.84. The number of nitrogens with one attached hydrogen (secondary N) is 1. The first kappa shape index (κ1) is 21.0. The molecule has 0 spiro atoms. The number of hydrogen-bond acceptors (Lipinski definition) is 5. The number of carbonyl (C=O) groups is 1. The molecule has 1 unspecified atom stereocenters. The zero-order valence-corrected chi connectivity index (χ0v) is 19.4. The van der Waals surface area contributed by atoms with Crippen molar-refractivity contribution in [3.05, 3.63) is 63.9 Å². The Kier molecular flexibility index (Phi) is 5.89. The van der Waals surface area contributed by atoms with Crippen LogP contribution < -0.4 is 10.8 Å². The summed E-state index contributed by atoms with van der Waals surface area (Å²) in [6.07, 6.45) is 3.93. The molecule has 1 atom stereocenters. The molecule has 1 N–H and O–H groups in total. The quantitative estimate of drug-likeness (QED) is 0.461. The fourth-order valence-corrected chi connectivity index (χ4v) is 5.15. The fraction of sp³-hybridized carbons (Fsp3) is 0.261. The molecule has 4 aromatic rings. The van der Waals surface area contributed by atoms with Gasteiger partial charge in [-0.2, -0.15) is 9.61 Å². The van der Waals surface area contributed by atoms with Crippen molar-refractivity contribution in [2.24, 2.45) is 5.92 Å². The standard InChI is InChI=1S/C23H23BClN5OS/c24-17-13-27-30-21(11-19(28-22(17)30)16-6-1-2-7-18(16)25)26-12-15-5-3-9-29(14-15)23(31)20-8-4-10-32-20/h1-2,4,6-8,10-11,13,15,26H,3,5,9,12,14,24H2. The van der Waals surface area contributed by atoms with Crippen molar-refractivity contribution < 1.29 is 4.79 Å². The summed E-state index contributed by atoms with van der Waals surface area (Å²) in [5.74, 6) is 1.38. The Labute approximate surface area is 196 Å². The van der Waals surface area contributed by atoms with Crippen molar-refractivity contribution in [2.75, 3.05) is 25.0 Å². The first-order valence-electron chi connectivity index (χ1n) is 10.8. The zero-order valence-electron chi connectivity index (χ0n) is 17.8. The summed E-state index contributed by atoms with van der Waals surface area (Å²) >= 11 is 7.95. The van der Waals surface area contributed by atoms with Crippen molar-refractivity contribution >= 4 is 53.6 Å². The highest BCUT2D eigenvalue weighted by Crippen LogP contribution is 2.28. The van der Waals surface area contributed by atoms with E-state index in [1.165, 1.54) is 11.3 Å². The summed E-state index contributed by atoms with van der Waals surface area (Å²) in [6, 6.07) is 13.6. The highest BCUT2D eigenvalue weighted by Gasteiger charge is 2.25. The number of aromatic nitrogens is 3. The number of rotatable bonds is 5. The zero-order chi connectivity index (χ0) is 22.1. The van der Waals surface area contributed by atoms with Crippen LogP contribution in [0.25, 0.3) is 16.9 Å². The molecule has 3 aromatic heterocycles. The predicted molar refractivity (Wildman–Crippen MR) is 133 cm³/mol. The summed E-state index contributed by atoms with van der Waals surface area (Å²) in [7, 11) is 2.00. The van der Waals surface area contributed by atoms with Gasteiger partial charge in [0.1, 0.15) is 13.7 Å². The van der Waals surface area contributed by atoms with Gasteiger partial charge < -0.3 is 10.2 Å². The van der Waals surface area contributed by atoms with Gasteiger partial charge in [-0.05, 0) is 41.7 Å². The van der Waals surface area contributed by atoms with Gasteiger partial charge in [-0.1, -0.05) is 35.9 Å². The van der Waals surface area contributed by atoms with Crippen molar-refractivity contribution in [3.8, 4) is 11.3 Å². The molecule has 5 rings (SSSR count). The molecule has 0 aliphatic carbocycles. The van der Waals surface area contributed by atoms with E-state index in [4.69, 9.17) is 16.6 Å². The molecule has 1 amide bonds. The van der Waals surface area contributed by atoms with Crippen LogP contribution in [0.1, 0.15) is 22.5 Å². The summed E-state index contributed by atoms with van der Waals surface area (Å²) in [6.45, 7) is 2.34. The van der Waals surface area contributed by atoms with E-state index in [2.05, 4.69) is 10.4 Å². The van der Waals surface area contributed by atoms with E-state index >= 15 is 0 Å². The second kappa shape index (κ2) is 8.96. The monoisotopic (exact) mass is 463 g/mol. The lowest BCUT2D eigenvalue weighted by Gasteiger charge is -2.32. The molecule has 1 aliphatic rings. The number of nitrogens with zero attached hydrogens (tertiary/aromatic N) is 4. The highest BCUT2D eigenvalue weighted by atomic mass is 35.5. The third-order valence-corrected chi connectivity index (χ3v) is 7.10. The van der Waals surface area contributed by atoms with Gasteiger partial charge in [0.05, 0.1) is 10.6 Å². The Morgan fingerprint density at radius 1 is 1.28 bits per heavy atom. The van der Waals surface area contributed by atoms with E-state index in [-0.39, 0.29) is 5.91 Å². The minimum absolute atomic E-state index is 0.139. The molecule has 0 radical (unpaired) electrons. The van der Waals surface area contributed by atoms with E-state index in [0.717, 1.165) is 65.5 Å².